The molecule has 0 saturated heterocycles. The van der Waals surface area contributed by atoms with Gasteiger partial charge in [-0.2, -0.15) is 4.68 Å². The van der Waals surface area contributed by atoms with E-state index in [1.54, 1.807) is 17.9 Å². The molecule has 0 aliphatic carbocycles. The molecular weight excluding hydrogens is 327 g/mol. The monoisotopic (exact) mass is 344 g/mol. The van der Waals surface area contributed by atoms with E-state index in [2.05, 4.69) is 22.4 Å². The van der Waals surface area contributed by atoms with Crippen molar-refractivity contribution in [3.05, 3.63) is 58.9 Å². The number of methoxy groups -OCH3 is 1. The van der Waals surface area contributed by atoms with Crippen LogP contribution in [0.4, 0.5) is 4.39 Å². The van der Waals surface area contributed by atoms with E-state index in [-0.39, 0.29) is 5.82 Å². The number of thioether (sulfide) groups is 1. The van der Waals surface area contributed by atoms with Crippen molar-refractivity contribution >= 4 is 11.8 Å². The molecule has 0 fully saturated rings. The molecule has 0 unspecified atom stereocenters. The third-order valence-electron chi connectivity index (χ3n) is 3.78. The molecular formula is C17H17FN4OS. The highest BCUT2D eigenvalue weighted by molar-refractivity contribution is 7.98. The third-order valence-corrected chi connectivity index (χ3v) is 4.74. The van der Waals surface area contributed by atoms with E-state index in [1.807, 2.05) is 25.1 Å². The molecule has 0 amide bonds. The SMILES string of the molecule is COc1ccc(F)cc1CSc1nnnn1-c1ccc(C)c(C)c1. The minimum atomic E-state index is -0.292. The van der Waals surface area contributed by atoms with Crippen molar-refractivity contribution in [2.45, 2.75) is 24.8 Å². The maximum absolute atomic E-state index is 13.5. The highest BCUT2D eigenvalue weighted by Crippen LogP contribution is 2.28. The molecule has 3 rings (SSSR count). The Morgan fingerprint density at radius 2 is 1.96 bits per heavy atom. The van der Waals surface area contributed by atoms with E-state index in [1.165, 1.54) is 35.0 Å². The van der Waals surface area contributed by atoms with Crippen molar-refractivity contribution in [3.63, 3.8) is 0 Å². The van der Waals surface area contributed by atoms with Gasteiger partial charge in [-0.15, -0.1) is 5.10 Å². The average molecular weight is 344 g/mol. The first kappa shape index (κ1) is 16.4. The molecule has 124 valence electrons. The maximum atomic E-state index is 13.5. The maximum Gasteiger partial charge on any atom is 0.214 e. The molecule has 0 saturated carbocycles. The summed E-state index contributed by atoms with van der Waals surface area (Å²) in [6.45, 7) is 4.11. The van der Waals surface area contributed by atoms with Crippen molar-refractivity contribution < 1.29 is 9.13 Å². The molecule has 7 heteroatoms. The van der Waals surface area contributed by atoms with Gasteiger partial charge < -0.3 is 4.74 Å². The molecule has 24 heavy (non-hydrogen) atoms. The first-order valence-electron chi connectivity index (χ1n) is 7.39. The summed E-state index contributed by atoms with van der Waals surface area (Å²) in [5, 5.41) is 12.5. The number of halogens is 1. The Morgan fingerprint density at radius 1 is 1.12 bits per heavy atom. The lowest BCUT2D eigenvalue weighted by molar-refractivity contribution is 0.410. The second-order valence-electron chi connectivity index (χ2n) is 5.39. The van der Waals surface area contributed by atoms with E-state index in [0.717, 1.165) is 11.3 Å². The summed E-state index contributed by atoms with van der Waals surface area (Å²) in [4.78, 5) is 0. The van der Waals surface area contributed by atoms with Gasteiger partial charge in [0.15, 0.2) is 0 Å². The molecule has 2 aromatic carbocycles. The molecule has 0 radical (unpaired) electrons. The Balaban J connectivity index is 1.84. The predicted octanol–water partition coefficient (Wildman–Crippen LogP) is 3.72. The summed E-state index contributed by atoms with van der Waals surface area (Å²) in [6, 6.07) is 10.5. The van der Waals surface area contributed by atoms with Gasteiger partial charge >= 0.3 is 0 Å². The van der Waals surface area contributed by atoms with E-state index in [0.29, 0.717) is 16.7 Å². The Bertz CT molecular complexity index is 866. The van der Waals surface area contributed by atoms with E-state index in [9.17, 15) is 4.39 Å². The summed E-state index contributed by atoms with van der Waals surface area (Å²) in [5.74, 6) is 0.862. The van der Waals surface area contributed by atoms with Crippen LogP contribution < -0.4 is 4.74 Å². The second-order valence-corrected chi connectivity index (χ2v) is 6.33. The average Bonchev–Trinajstić information content (AvgIpc) is 3.04. The number of rotatable bonds is 5. The van der Waals surface area contributed by atoms with Gasteiger partial charge in [0.25, 0.3) is 0 Å². The first-order chi connectivity index (χ1) is 11.6. The van der Waals surface area contributed by atoms with Gasteiger partial charge in [-0.05, 0) is 65.7 Å². The van der Waals surface area contributed by atoms with Gasteiger partial charge in [0, 0.05) is 11.3 Å². The molecule has 5 nitrogen and oxygen atoms in total. The molecule has 0 N–H and O–H groups in total. The predicted molar refractivity (Wildman–Crippen MR) is 91.1 cm³/mol. The lowest BCUT2D eigenvalue weighted by Crippen LogP contribution is -2.00. The molecule has 3 aromatic rings. The zero-order valence-electron chi connectivity index (χ0n) is 13.7. The van der Waals surface area contributed by atoms with Crippen LogP contribution in [0.2, 0.25) is 0 Å². The van der Waals surface area contributed by atoms with Crippen LogP contribution >= 0.6 is 11.8 Å². The number of ether oxygens (including phenoxy) is 1. The molecule has 0 spiro atoms. The van der Waals surface area contributed by atoms with Crippen molar-refractivity contribution in [1.82, 2.24) is 20.2 Å². The summed E-state index contributed by atoms with van der Waals surface area (Å²) in [5.41, 5.74) is 4.05. The lowest BCUT2D eigenvalue weighted by atomic mass is 10.1. The van der Waals surface area contributed by atoms with Crippen molar-refractivity contribution in [2.75, 3.05) is 7.11 Å². The number of hydrogen-bond acceptors (Lipinski definition) is 5. The fraction of sp³-hybridized carbons (Fsp3) is 0.235. The fourth-order valence-electron chi connectivity index (χ4n) is 2.29. The Hall–Kier alpha value is -2.41. The van der Waals surface area contributed by atoms with E-state index >= 15 is 0 Å². The first-order valence-corrected chi connectivity index (χ1v) is 8.38. The highest BCUT2D eigenvalue weighted by atomic mass is 32.2. The van der Waals surface area contributed by atoms with Crippen LogP contribution in [0.25, 0.3) is 5.69 Å². The number of tetrazole rings is 1. The van der Waals surface area contributed by atoms with Crippen molar-refractivity contribution in [2.24, 2.45) is 0 Å². The zero-order valence-corrected chi connectivity index (χ0v) is 14.5. The molecule has 0 bridgehead atoms. The van der Waals surface area contributed by atoms with Gasteiger partial charge in [0.05, 0.1) is 12.8 Å². The number of nitrogens with zero attached hydrogens (tertiary/aromatic N) is 4. The van der Waals surface area contributed by atoms with Crippen LogP contribution in [0.3, 0.4) is 0 Å². The van der Waals surface area contributed by atoms with Gasteiger partial charge in [-0.1, -0.05) is 17.8 Å². The summed E-state index contributed by atoms with van der Waals surface area (Å²) < 4.78 is 20.4. The second kappa shape index (κ2) is 7.00. The molecule has 1 heterocycles. The van der Waals surface area contributed by atoms with Crippen LogP contribution in [0, 0.1) is 19.7 Å². The van der Waals surface area contributed by atoms with Crippen LogP contribution in [-0.4, -0.2) is 27.3 Å². The summed E-state index contributed by atoms with van der Waals surface area (Å²) in [7, 11) is 1.57. The van der Waals surface area contributed by atoms with E-state index < -0.39 is 0 Å². The van der Waals surface area contributed by atoms with E-state index in [4.69, 9.17) is 4.74 Å². The largest absolute Gasteiger partial charge is 0.496 e. The quantitative estimate of drug-likeness (QED) is 0.660. The molecule has 0 aliphatic rings. The third kappa shape index (κ3) is 3.41. The van der Waals surface area contributed by atoms with Crippen LogP contribution in [0.5, 0.6) is 5.75 Å². The Kier molecular flexibility index (Phi) is 4.80. The fourth-order valence-corrected chi connectivity index (χ4v) is 3.16. The molecule has 0 aliphatic heterocycles. The van der Waals surface area contributed by atoms with Gasteiger partial charge in [0.1, 0.15) is 11.6 Å². The highest BCUT2D eigenvalue weighted by Gasteiger charge is 2.12. The number of aryl methyl sites for hydroxylation is 2. The zero-order chi connectivity index (χ0) is 17.1. The van der Waals surface area contributed by atoms with Gasteiger partial charge in [-0.25, -0.2) is 4.39 Å². The minimum absolute atomic E-state index is 0.292. The van der Waals surface area contributed by atoms with Crippen molar-refractivity contribution in [1.29, 1.82) is 0 Å². The van der Waals surface area contributed by atoms with Crippen LogP contribution in [-0.2, 0) is 5.75 Å². The van der Waals surface area contributed by atoms with Crippen LogP contribution in [0.1, 0.15) is 16.7 Å². The topological polar surface area (TPSA) is 52.8 Å². The van der Waals surface area contributed by atoms with Crippen molar-refractivity contribution in [3.8, 4) is 11.4 Å². The standard InChI is InChI=1S/C17H17FN4OS/c1-11-4-6-15(8-12(11)2)22-17(19-20-21-22)24-10-13-9-14(18)5-7-16(13)23-3/h4-9H,10H2,1-3H3. The van der Waals surface area contributed by atoms with Gasteiger partial charge in [-0.3, -0.25) is 0 Å². The lowest BCUT2D eigenvalue weighted by Gasteiger charge is -2.09. The Morgan fingerprint density at radius 3 is 2.71 bits per heavy atom. The number of aromatic nitrogens is 4. The summed E-state index contributed by atoms with van der Waals surface area (Å²) >= 11 is 1.43. The molecule has 1 aromatic heterocycles. The number of hydrogen-bond donors (Lipinski definition) is 0. The Labute approximate surface area is 143 Å². The minimum Gasteiger partial charge on any atom is -0.496 e. The van der Waals surface area contributed by atoms with Gasteiger partial charge in [0.2, 0.25) is 5.16 Å². The normalized spacial score (nSPS) is 10.8. The smallest absolute Gasteiger partial charge is 0.214 e. The van der Waals surface area contributed by atoms with Crippen LogP contribution in [0.15, 0.2) is 41.6 Å². The number of benzene rings is 2. The summed E-state index contributed by atoms with van der Waals surface area (Å²) in [6.07, 6.45) is 0. The molecule has 0 atom stereocenters.